The molecule has 0 aliphatic heterocycles. The number of thiazole rings is 1. The quantitative estimate of drug-likeness (QED) is 0.200. The van der Waals surface area contributed by atoms with Crippen molar-refractivity contribution in [3.63, 3.8) is 0 Å². The number of nitrogens with zero attached hydrogens (tertiary/aromatic N) is 3. The highest BCUT2D eigenvalue weighted by atomic mass is 32.1. The summed E-state index contributed by atoms with van der Waals surface area (Å²) >= 11 is 1.76. The van der Waals surface area contributed by atoms with Crippen LogP contribution in [0.4, 0.5) is 0 Å². The van der Waals surface area contributed by atoms with Crippen LogP contribution in [0.25, 0.3) is 86.5 Å². The van der Waals surface area contributed by atoms with Gasteiger partial charge in [-0.05, 0) is 65.4 Å². The number of fused-ring (bicyclic) bond motifs is 8. The molecule has 0 amide bonds. The minimum atomic E-state index is 1.04. The molecule has 210 valence electrons. The fourth-order valence-corrected chi connectivity index (χ4v) is 8.24. The summed E-state index contributed by atoms with van der Waals surface area (Å²) in [6.45, 7) is 0. The lowest BCUT2D eigenvalue weighted by Gasteiger charge is -2.15. The summed E-state index contributed by atoms with van der Waals surface area (Å²) in [5, 5.41) is 8.47. The van der Waals surface area contributed by atoms with Crippen LogP contribution in [0, 0.1) is 0 Å². The summed E-state index contributed by atoms with van der Waals surface area (Å²) in [5.74, 6) is 0. The van der Waals surface area contributed by atoms with Crippen molar-refractivity contribution in [2.45, 2.75) is 0 Å². The fourth-order valence-electron chi connectivity index (χ4n) is 7.21. The normalized spacial score (nSPS) is 12.0. The van der Waals surface area contributed by atoms with E-state index in [4.69, 9.17) is 4.98 Å². The molecule has 0 bridgehead atoms. The van der Waals surface area contributed by atoms with Crippen molar-refractivity contribution in [1.82, 2.24) is 14.1 Å². The van der Waals surface area contributed by atoms with Crippen molar-refractivity contribution in [3.8, 4) is 21.9 Å². The van der Waals surface area contributed by atoms with Crippen LogP contribution in [-0.2, 0) is 0 Å². The molecule has 0 atom stereocenters. The Hall–Kier alpha value is -5.71. The molecule has 4 heteroatoms. The Kier molecular flexibility index (Phi) is 5.16. The third kappa shape index (κ3) is 3.54. The van der Waals surface area contributed by atoms with Gasteiger partial charge in [0.15, 0.2) is 0 Å². The second-order valence-electron chi connectivity index (χ2n) is 11.6. The van der Waals surface area contributed by atoms with Gasteiger partial charge in [-0.1, -0.05) is 97.1 Å². The van der Waals surface area contributed by atoms with Crippen LogP contribution < -0.4 is 0 Å². The van der Waals surface area contributed by atoms with Crippen molar-refractivity contribution < 1.29 is 0 Å². The van der Waals surface area contributed by atoms with Gasteiger partial charge >= 0.3 is 0 Å². The number of aromatic nitrogens is 3. The molecular formula is C41H25N3S. The summed E-state index contributed by atoms with van der Waals surface area (Å²) in [6.07, 6.45) is 0. The van der Waals surface area contributed by atoms with Crippen molar-refractivity contribution in [1.29, 1.82) is 0 Å². The SMILES string of the molecule is c1ccc2c(-c3nc4ccccc4s3)c(-n3c4ccccc4c4cc(-n5c6ccccc6c6ccccc65)ccc43)ccc2c1. The highest BCUT2D eigenvalue weighted by Crippen LogP contribution is 2.43. The van der Waals surface area contributed by atoms with Crippen molar-refractivity contribution in [3.05, 3.63) is 152 Å². The van der Waals surface area contributed by atoms with Gasteiger partial charge in [0, 0.05) is 32.8 Å². The van der Waals surface area contributed by atoms with E-state index < -0.39 is 0 Å². The second-order valence-corrected chi connectivity index (χ2v) is 12.6. The molecule has 0 saturated heterocycles. The van der Waals surface area contributed by atoms with Gasteiger partial charge in [-0.25, -0.2) is 4.98 Å². The molecule has 3 aromatic heterocycles. The van der Waals surface area contributed by atoms with Crippen LogP contribution in [0.5, 0.6) is 0 Å². The Balaban J connectivity index is 1.29. The van der Waals surface area contributed by atoms with E-state index in [1.54, 1.807) is 11.3 Å². The molecule has 0 saturated carbocycles. The van der Waals surface area contributed by atoms with Crippen LogP contribution in [0.2, 0.25) is 0 Å². The third-order valence-electron chi connectivity index (χ3n) is 9.15. The van der Waals surface area contributed by atoms with Crippen LogP contribution in [-0.4, -0.2) is 14.1 Å². The number of hydrogen-bond acceptors (Lipinski definition) is 2. The molecule has 0 spiro atoms. The predicted octanol–water partition coefficient (Wildman–Crippen LogP) is 11.3. The molecule has 0 radical (unpaired) electrons. The Bertz CT molecular complexity index is 2690. The largest absolute Gasteiger partial charge is 0.309 e. The molecule has 0 unspecified atom stereocenters. The smallest absolute Gasteiger partial charge is 0.127 e. The highest BCUT2D eigenvalue weighted by Gasteiger charge is 2.21. The van der Waals surface area contributed by atoms with E-state index in [1.165, 1.54) is 64.6 Å². The molecular weight excluding hydrogens is 567 g/mol. The van der Waals surface area contributed by atoms with Crippen LogP contribution in [0.1, 0.15) is 0 Å². The Morgan fingerprint density at radius 2 is 1.02 bits per heavy atom. The first-order chi connectivity index (χ1) is 22.3. The molecule has 7 aromatic carbocycles. The zero-order valence-corrected chi connectivity index (χ0v) is 25.0. The van der Waals surface area contributed by atoms with E-state index in [1.807, 2.05) is 0 Å². The summed E-state index contributed by atoms with van der Waals surface area (Å²) in [4.78, 5) is 5.17. The van der Waals surface area contributed by atoms with Crippen LogP contribution in [0.3, 0.4) is 0 Å². The van der Waals surface area contributed by atoms with E-state index in [-0.39, 0.29) is 0 Å². The van der Waals surface area contributed by atoms with Gasteiger partial charge in [-0.15, -0.1) is 11.3 Å². The number of benzene rings is 7. The van der Waals surface area contributed by atoms with E-state index in [0.29, 0.717) is 0 Å². The lowest BCUT2D eigenvalue weighted by Crippen LogP contribution is -1.98. The average Bonchev–Trinajstić information content (AvgIpc) is 3.78. The van der Waals surface area contributed by atoms with Gasteiger partial charge in [-0.3, -0.25) is 0 Å². The third-order valence-corrected chi connectivity index (χ3v) is 10.2. The highest BCUT2D eigenvalue weighted by molar-refractivity contribution is 7.21. The topological polar surface area (TPSA) is 22.8 Å². The predicted molar refractivity (Wildman–Crippen MR) is 191 cm³/mol. The summed E-state index contributed by atoms with van der Waals surface area (Å²) < 4.78 is 6.04. The minimum Gasteiger partial charge on any atom is -0.309 e. The Labute approximate surface area is 262 Å². The van der Waals surface area contributed by atoms with E-state index in [9.17, 15) is 0 Å². The summed E-state index contributed by atoms with van der Waals surface area (Å²) in [6, 6.07) is 54.8. The summed E-state index contributed by atoms with van der Waals surface area (Å²) in [5.41, 5.74) is 9.31. The van der Waals surface area contributed by atoms with Gasteiger partial charge < -0.3 is 9.13 Å². The van der Waals surface area contributed by atoms with E-state index in [0.717, 1.165) is 21.9 Å². The molecule has 0 fully saturated rings. The van der Waals surface area contributed by atoms with E-state index >= 15 is 0 Å². The monoisotopic (exact) mass is 591 g/mol. The number of hydrogen-bond donors (Lipinski definition) is 0. The molecule has 10 aromatic rings. The van der Waals surface area contributed by atoms with Gasteiger partial charge in [-0.2, -0.15) is 0 Å². The standard InChI is InChI=1S/C41H25N3S/c1-2-12-28-26(11-1)21-23-38(40(28)41-42-33-16-6-10-20-39(33)45-41)44-36-19-9-5-15-31(36)32-25-27(22-24-37(32)44)43-34-17-7-3-13-29(34)30-14-4-8-18-35(30)43/h1-25H. The van der Waals surface area contributed by atoms with Gasteiger partial charge in [0.05, 0.1) is 38.0 Å². The fraction of sp³-hybridized carbons (Fsp3) is 0. The lowest BCUT2D eigenvalue weighted by atomic mass is 10.0. The van der Waals surface area contributed by atoms with Crippen molar-refractivity contribution in [2.24, 2.45) is 0 Å². The van der Waals surface area contributed by atoms with Crippen LogP contribution in [0.15, 0.2) is 152 Å². The lowest BCUT2D eigenvalue weighted by molar-refractivity contribution is 1.17. The maximum atomic E-state index is 5.17. The molecule has 10 rings (SSSR count). The Morgan fingerprint density at radius 3 is 1.76 bits per heavy atom. The zero-order chi connectivity index (χ0) is 29.5. The first kappa shape index (κ1) is 24.7. The molecule has 3 heterocycles. The maximum absolute atomic E-state index is 5.17. The molecule has 0 N–H and O–H groups in total. The molecule has 3 nitrogen and oxygen atoms in total. The number of rotatable bonds is 3. The number of para-hydroxylation sites is 4. The first-order valence-electron chi connectivity index (χ1n) is 15.2. The van der Waals surface area contributed by atoms with E-state index in [2.05, 4.69) is 161 Å². The van der Waals surface area contributed by atoms with Crippen molar-refractivity contribution in [2.75, 3.05) is 0 Å². The Morgan fingerprint density at radius 1 is 0.444 bits per heavy atom. The summed E-state index contributed by atoms with van der Waals surface area (Å²) in [7, 11) is 0. The second kappa shape index (κ2) is 9.39. The maximum Gasteiger partial charge on any atom is 0.127 e. The molecule has 45 heavy (non-hydrogen) atoms. The zero-order valence-electron chi connectivity index (χ0n) is 24.2. The van der Waals surface area contributed by atoms with Crippen LogP contribution >= 0.6 is 11.3 Å². The van der Waals surface area contributed by atoms with Gasteiger partial charge in [0.1, 0.15) is 5.01 Å². The average molecular weight is 592 g/mol. The van der Waals surface area contributed by atoms with Crippen molar-refractivity contribution >= 4 is 75.9 Å². The first-order valence-corrected chi connectivity index (χ1v) is 16.0. The minimum absolute atomic E-state index is 1.04. The van der Waals surface area contributed by atoms with Gasteiger partial charge in [0.25, 0.3) is 0 Å². The molecule has 0 aliphatic rings. The van der Waals surface area contributed by atoms with Gasteiger partial charge in [0.2, 0.25) is 0 Å². The molecule has 0 aliphatic carbocycles.